The summed E-state index contributed by atoms with van der Waals surface area (Å²) in [6.45, 7) is -1.93. The first-order valence-electron chi connectivity index (χ1n) is 6.46. The molecule has 1 aliphatic rings. The molecule has 4 nitrogen and oxygen atoms in total. The zero-order chi connectivity index (χ0) is 14.5. The highest BCUT2D eigenvalue weighted by molar-refractivity contribution is 5.89. The van der Waals surface area contributed by atoms with Gasteiger partial charge in [0.25, 0.3) is 0 Å². The van der Waals surface area contributed by atoms with Gasteiger partial charge in [-0.2, -0.15) is 8.78 Å². The summed E-state index contributed by atoms with van der Waals surface area (Å²) in [5, 5.41) is 0. The van der Waals surface area contributed by atoms with Gasteiger partial charge in [-0.3, -0.25) is 0 Å². The molecule has 20 heavy (non-hydrogen) atoms. The van der Waals surface area contributed by atoms with Crippen LogP contribution in [0.5, 0.6) is 0 Å². The first kappa shape index (κ1) is 14.7. The van der Waals surface area contributed by atoms with Gasteiger partial charge >= 0.3 is 12.6 Å². The van der Waals surface area contributed by atoms with E-state index in [1.54, 1.807) is 24.3 Å². The average Bonchev–Trinajstić information content (AvgIpc) is 2.93. The number of methoxy groups -OCH3 is 1. The Kier molecular flexibility index (Phi) is 4.89. The van der Waals surface area contributed by atoms with Crippen LogP contribution in [0.2, 0.25) is 0 Å². The molecule has 0 bridgehead atoms. The minimum atomic E-state index is -2.74. The molecule has 110 valence electrons. The predicted octanol–water partition coefficient (Wildman–Crippen LogP) is 2.68. The molecule has 0 radical (unpaired) electrons. The molecule has 1 atom stereocenters. The normalized spacial score (nSPS) is 18.6. The summed E-state index contributed by atoms with van der Waals surface area (Å²) in [4.78, 5) is 13.4. The topological polar surface area (TPSA) is 38.8 Å². The van der Waals surface area contributed by atoms with Crippen LogP contribution in [0.25, 0.3) is 0 Å². The standard InChI is InChI=1S/C14H17F2NO3/c1-19-13(18)10-4-6-11(7-5-10)17-8-2-3-12(17)9-20-14(15)16/h4-7,12,14H,2-3,8-9H2,1H3. The summed E-state index contributed by atoms with van der Waals surface area (Å²) in [6, 6.07) is 6.89. The molecule has 1 saturated heterocycles. The van der Waals surface area contributed by atoms with E-state index in [2.05, 4.69) is 9.47 Å². The highest BCUT2D eigenvalue weighted by Gasteiger charge is 2.26. The van der Waals surface area contributed by atoms with E-state index in [1.165, 1.54) is 7.11 Å². The summed E-state index contributed by atoms with van der Waals surface area (Å²) in [5.74, 6) is -0.393. The van der Waals surface area contributed by atoms with Crippen LogP contribution in [0.1, 0.15) is 23.2 Å². The van der Waals surface area contributed by atoms with Crippen molar-refractivity contribution in [2.24, 2.45) is 0 Å². The molecule has 0 aliphatic carbocycles. The van der Waals surface area contributed by atoms with Crippen molar-refractivity contribution < 1.29 is 23.0 Å². The van der Waals surface area contributed by atoms with E-state index in [0.717, 1.165) is 25.1 Å². The Morgan fingerprint density at radius 2 is 2.10 bits per heavy atom. The molecule has 2 rings (SSSR count). The van der Waals surface area contributed by atoms with E-state index in [0.29, 0.717) is 5.56 Å². The smallest absolute Gasteiger partial charge is 0.345 e. The number of carbonyl (C=O) groups is 1. The zero-order valence-corrected chi connectivity index (χ0v) is 11.2. The molecule has 1 fully saturated rings. The Labute approximate surface area is 116 Å². The first-order chi connectivity index (χ1) is 9.61. The average molecular weight is 285 g/mol. The first-order valence-corrected chi connectivity index (χ1v) is 6.46. The number of hydrogen-bond donors (Lipinski definition) is 0. The van der Waals surface area contributed by atoms with Gasteiger partial charge in [0.1, 0.15) is 0 Å². The zero-order valence-electron chi connectivity index (χ0n) is 11.2. The number of alkyl halides is 2. The fourth-order valence-corrected chi connectivity index (χ4v) is 2.44. The lowest BCUT2D eigenvalue weighted by atomic mass is 10.1. The van der Waals surface area contributed by atoms with Gasteiger partial charge in [-0.15, -0.1) is 0 Å². The lowest BCUT2D eigenvalue weighted by Crippen LogP contribution is -2.33. The summed E-state index contributed by atoms with van der Waals surface area (Å²) in [7, 11) is 1.33. The van der Waals surface area contributed by atoms with Crippen molar-refractivity contribution in [1.82, 2.24) is 0 Å². The monoisotopic (exact) mass is 285 g/mol. The molecular formula is C14H17F2NO3. The highest BCUT2D eigenvalue weighted by atomic mass is 19.3. The molecule has 0 saturated carbocycles. The van der Waals surface area contributed by atoms with Gasteiger partial charge in [-0.05, 0) is 37.1 Å². The van der Waals surface area contributed by atoms with Crippen LogP contribution in [0.15, 0.2) is 24.3 Å². The molecule has 6 heteroatoms. The van der Waals surface area contributed by atoms with Gasteiger partial charge in [-0.25, -0.2) is 4.79 Å². The van der Waals surface area contributed by atoms with Crippen molar-refractivity contribution in [2.45, 2.75) is 25.5 Å². The molecule has 0 aromatic heterocycles. The van der Waals surface area contributed by atoms with E-state index in [-0.39, 0.29) is 12.6 Å². The number of carbonyl (C=O) groups excluding carboxylic acids is 1. The second-order valence-corrected chi connectivity index (χ2v) is 4.62. The third-order valence-corrected chi connectivity index (χ3v) is 3.41. The van der Waals surface area contributed by atoms with Gasteiger partial charge in [0.05, 0.1) is 25.3 Å². The SMILES string of the molecule is COC(=O)c1ccc(N2CCCC2COC(F)F)cc1. The number of esters is 1. The third-order valence-electron chi connectivity index (χ3n) is 3.41. The second-order valence-electron chi connectivity index (χ2n) is 4.62. The number of halogens is 2. The van der Waals surface area contributed by atoms with Crippen molar-refractivity contribution in [3.8, 4) is 0 Å². The van der Waals surface area contributed by atoms with E-state index < -0.39 is 12.6 Å². The van der Waals surface area contributed by atoms with Gasteiger partial charge in [-0.1, -0.05) is 0 Å². The third kappa shape index (κ3) is 3.45. The Balaban J connectivity index is 2.04. The van der Waals surface area contributed by atoms with Gasteiger partial charge in [0.2, 0.25) is 0 Å². The van der Waals surface area contributed by atoms with Crippen molar-refractivity contribution in [3.05, 3.63) is 29.8 Å². The Morgan fingerprint density at radius 3 is 2.70 bits per heavy atom. The maximum absolute atomic E-state index is 12.1. The van der Waals surface area contributed by atoms with Crippen molar-refractivity contribution in [2.75, 3.05) is 25.2 Å². The minimum absolute atomic E-state index is 0.0103. The number of ether oxygens (including phenoxy) is 2. The Hall–Kier alpha value is -1.69. The Bertz CT molecular complexity index is 450. The quantitative estimate of drug-likeness (QED) is 0.780. The minimum Gasteiger partial charge on any atom is -0.465 e. The number of benzene rings is 1. The fraction of sp³-hybridized carbons (Fsp3) is 0.500. The van der Waals surface area contributed by atoms with Crippen LogP contribution < -0.4 is 4.90 Å². The number of hydrogen-bond acceptors (Lipinski definition) is 4. The van der Waals surface area contributed by atoms with Gasteiger partial charge < -0.3 is 14.4 Å². The molecule has 1 aromatic rings. The lowest BCUT2D eigenvalue weighted by molar-refractivity contribution is -0.131. The molecule has 1 heterocycles. The molecular weight excluding hydrogens is 268 g/mol. The lowest BCUT2D eigenvalue weighted by Gasteiger charge is -2.26. The molecule has 0 spiro atoms. The number of rotatable bonds is 5. The van der Waals surface area contributed by atoms with E-state index in [4.69, 9.17) is 0 Å². The summed E-state index contributed by atoms with van der Waals surface area (Å²) >= 11 is 0. The molecule has 0 amide bonds. The Morgan fingerprint density at radius 1 is 1.40 bits per heavy atom. The molecule has 1 unspecified atom stereocenters. The van der Waals surface area contributed by atoms with E-state index in [9.17, 15) is 13.6 Å². The predicted molar refractivity (Wildman–Crippen MR) is 70.1 cm³/mol. The maximum Gasteiger partial charge on any atom is 0.345 e. The van der Waals surface area contributed by atoms with Gasteiger partial charge in [0, 0.05) is 12.2 Å². The summed E-state index contributed by atoms with van der Waals surface area (Å²) in [5.41, 5.74) is 1.37. The summed E-state index contributed by atoms with van der Waals surface area (Å²) < 4.78 is 33.3. The molecule has 1 aliphatic heterocycles. The van der Waals surface area contributed by atoms with Crippen LogP contribution in [0.3, 0.4) is 0 Å². The summed E-state index contributed by atoms with van der Waals surface area (Å²) in [6.07, 6.45) is 1.77. The van der Waals surface area contributed by atoms with Gasteiger partial charge in [0.15, 0.2) is 0 Å². The van der Waals surface area contributed by atoms with E-state index in [1.807, 2.05) is 4.90 Å². The molecule has 1 aromatic carbocycles. The number of anilines is 1. The second kappa shape index (κ2) is 6.65. The van der Waals surface area contributed by atoms with Crippen molar-refractivity contribution in [3.63, 3.8) is 0 Å². The molecule has 0 N–H and O–H groups in total. The van der Waals surface area contributed by atoms with Crippen molar-refractivity contribution >= 4 is 11.7 Å². The van der Waals surface area contributed by atoms with E-state index >= 15 is 0 Å². The fourth-order valence-electron chi connectivity index (χ4n) is 2.44. The highest BCUT2D eigenvalue weighted by Crippen LogP contribution is 2.26. The maximum atomic E-state index is 12.1. The van der Waals surface area contributed by atoms with Crippen LogP contribution >= 0.6 is 0 Å². The van der Waals surface area contributed by atoms with Crippen LogP contribution in [0.4, 0.5) is 14.5 Å². The largest absolute Gasteiger partial charge is 0.465 e. The van der Waals surface area contributed by atoms with Crippen LogP contribution in [-0.2, 0) is 9.47 Å². The van der Waals surface area contributed by atoms with Crippen LogP contribution in [0, 0.1) is 0 Å². The van der Waals surface area contributed by atoms with Crippen LogP contribution in [-0.4, -0.2) is 38.9 Å². The van der Waals surface area contributed by atoms with Crippen molar-refractivity contribution in [1.29, 1.82) is 0 Å². The number of nitrogens with zero attached hydrogens (tertiary/aromatic N) is 1.